The number of rotatable bonds is 6. The Morgan fingerprint density at radius 1 is 1.23 bits per heavy atom. The fourth-order valence-electron chi connectivity index (χ4n) is 4.12. The highest BCUT2D eigenvalue weighted by molar-refractivity contribution is 6.09. The van der Waals surface area contributed by atoms with Crippen molar-refractivity contribution in [3.8, 4) is 0 Å². The number of hydrogen-bond donors (Lipinski definition) is 1. The van der Waals surface area contributed by atoms with E-state index in [2.05, 4.69) is 5.32 Å². The molecule has 1 spiro atoms. The molecule has 0 aromatic heterocycles. The van der Waals surface area contributed by atoms with Crippen molar-refractivity contribution in [1.82, 2.24) is 15.1 Å². The van der Waals surface area contributed by atoms with Crippen LogP contribution in [0.1, 0.15) is 43.7 Å². The van der Waals surface area contributed by atoms with E-state index < -0.39 is 30.7 Å². The van der Waals surface area contributed by atoms with E-state index in [0.717, 1.165) is 35.3 Å². The van der Waals surface area contributed by atoms with Crippen molar-refractivity contribution in [1.29, 1.82) is 0 Å². The molecule has 1 aliphatic carbocycles. The third-order valence-corrected chi connectivity index (χ3v) is 6.11. The van der Waals surface area contributed by atoms with E-state index in [1.165, 1.54) is 4.90 Å². The number of ether oxygens (including phenoxy) is 1. The minimum absolute atomic E-state index is 0.0146. The molecular formula is C22H29N3O5. The summed E-state index contributed by atoms with van der Waals surface area (Å²) in [5, 5.41) is 2.79. The van der Waals surface area contributed by atoms with E-state index >= 15 is 0 Å². The van der Waals surface area contributed by atoms with Crippen molar-refractivity contribution in [2.45, 2.75) is 51.6 Å². The summed E-state index contributed by atoms with van der Waals surface area (Å²) in [6.07, 6.45) is 3.31. The van der Waals surface area contributed by atoms with Crippen molar-refractivity contribution in [3.63, 3.8) is 0 Å². The molecule has 0 bridgehead atoms. The lowest BCUT2D eigenvalue weighted by Gasteiger charge is -2.36. The highest BCUT2D eigenvalue weighted by atomic mass is 16.5. The molecule has 1 aromatic carbocycles. The largest absolute Gasteiger partial charge is 0.454 e. The van der Waals surface area contributed by atoms with E-state index in [0.29, 0.717) is 13.0 Å². The lowest BCUT2D eigenvalue weighted by Crippen LogP contribution is -2.54. The zero-order chi connectivity index (χ0) is 21.9. The van der Waals surface area contributed by atoms with Crippen LogP contribution in [-0.2, 0) is 25.7 Å². The number of likely N-dealkylation sites (N-methyl/N-ethyl adjacent to an activating group) is 1. The van der Waals surface area contributed by atoms with Crippen LogP contribution >= 0.6 is 0 Å². The molecule has 4 amide bonds. The van der Waals surface area contributed by atoms with Crippen molar-refractivity contribution in [2.24, 2.45) is 5.92 Å². The van der Waals surface area contributed by atoms with Crippen LogP contribution in [0.3, 0.4) is 0 Å². The summed E-state index contributed by atoms with van der Waals surface area (Å²) in [4.78, 5) is 52.0. The number of benzene rings is 1. The maximum Gasteiger partial charge on any atom is 0.326 e. The number of aryl methyl sites for hydroxylation is 1. The summed E-state index contributed by atoms with van der Waals surface area (Å²) in [6, 6.07) is 7.22. The number of nitrogens with zero attached hydrogens (tertiary/aromatic N) is 2. The van der Waals surface area contributed by atoms with Gasteiger partial charge in [0.25, 0.3) is 11.8 Å². The van der Waals surface area contributed by atoms with Gasteiger partial charge in [-0.25, -0.2) is 4.79 Å². The Morgan fingerprint density at radius 2 is 1.93 bits per heavy atom. The van der Waals surface area contributed by atoms with Gasteiger partial charge in [-0.05, 0) is 31.2 Å². The molecule has 2 fully saturated rings. The summed E-state index contributed by atoms with van der Waals surface area (Å²) >= 11 is 0. The van der Waals surface area contributed by atoms with Gasteiger partial charge in [-0.3, -0.25) is 19.3 Å². The lowest BCUT2D eigenvalue weighted by atomic mass is 9.73. The third-order valence-electron chi connectivity index (χ3n) is 6.11. The Bertz CT molecular complexity index is 838. The first-order valence-electron chi connectivity index (χ1n) is 10.3. The Balaban J connectivity index is 1.50. The van der Waals surface area contributed by atoms with Gasteiger partial charge in [0.2, 0.25) is 0 Å². The first-order valence-corrected chi connectivity index (χ1v) is 10.3. The summed E-state index contributed by atoms with van der Waals surface area (Å²) in [5.41, 5.74) is 1.18. The Morgan fingerprint density at radius 3 is 2.60 bits per heavy atom. The summed E-state index contributed by atoms with van der Waals surface area (Å²) in [6.45, 7) is 3.40. The zero-order valence-corrected chi connectivity index (χ0v) is 17.8. The van der Waals surface area contributed by atoms with E-state index in [1.54, 1.807) is 7.05 Å². The van der Waals surface area contributed by atoms with Crippen molar-refractivity contribution >= 4 is 23.8 Å². The monoisotopic (exact) mass is 415 g/mol. The lowest BCUT2D eigenvalue weighted by molar-refractivity contribution is -0.153. The van der Waals surface area contributed by atoms with Gasteiger partial charge in [0, 0.05) is 13.6 Å². The number of esters is 1. The second-order valence-corrected chi connectivity index (χ2v) is 8.34. The predicted molar refractivity (Wildman–Crippen MR) is 109 cm³/mol. The molecule has 8 heteroatoms. The first-order chi connectivity index (χ1) is 14.2. The molecule has 1 aliphatic heterocycles. The molecule has 30 heavy (non-hydrogen) atoms. The molecular weight excluding hydrogens is 386 g/mol. The van der Waals surface area contributed by atoms with Gasteiger partial charge in [0.05, 0.1) is 0 Å². The summed E-state index contributed by atoms with van der Waals surface area (Å²) in [7, 11) is 1.63. The third kappa shape index (κ3) is 4.47. The van der Waals surface area contributed by atoms with Crippen LogP contribution in [-0.4, -0.2) is 59.4 Å². The number of urea groups is 1. The van der Waals surface area contributed by atoms with Crippen molar-refractivity contribution in [3.05, 3.63) is 35.4 Å². The highest BCUT2D eigenvalue weighted by Crippen LogP contribution is 2.38. The molecule has 1 N–H and O–H groups in total. The van der Waals surface area contributed by atoms with Crippen LogP contribution in [0.4, 0.5) is 4.79 Å². The predicted octanol–water partition coefficient (Wildman–Crippen LogP) is 2.00. The zero-order valence-electron chi connectivity index (χ0n) is 17.8. The standard InChI is InChI=1S/C22H29N3O5/c1-15-7-9-17(10-8-15)12-24(3)18(26)14-30-19(27)13-25-20(28)22(23-21(25)29)11-5-4-6-16(22)2/h7-10,16H,4-6,11-14H2,1-3H3,(H,23,29)/t16-,22-/m1/s1. The van der Waals surface area contributed by atoms with Crippen LogP contribution in [0.5, 0.6) is 0 Å². The molecule has 8 nitrogen and oxygen atoms in total. The SMILES string of the molecule is Cc1ccc(CN(C)C(=O)COC(=O)CN2C(=O)N[C@@]3(CCCC[C@H]3C)C2=O)cc1. The molecule has 1 aromatic rings. The molecule has 1 heterocycles. The molecule has 2 aliphatic rings. The van der Waals surface area contributed by atoms with Crippen molar-refractivity contribution < 1.29 is 23.9 Å². The second-order valence-electron chi connectivity index (χ2n) is 8.34. The van der Waals surface area contributed by atoms with Crippen LogP contribution in [0.15, 0.2) is 24.3 Å². The van der Waals surface area contributed by atoms with Crippen LogP contribution in [0.2, 0.25) is 0 Å². The normalized spacial score (nSPS) is 23.4. The van der Waals surface area contributed by atoms with Crippen LogP contribution in [0.25, 0.3) is 0 Å². The number of amides is 4. The van der Waals surface area contributed by atoms with Gasteiger partial charge in [0.1, 0.15) is 12.1 Å². The molecule has 3 rings (SSSR count). The van der Waals surface area contributed by atoms with Gasteiger partial charge in [-0.1, -0.05) is 49.6 Å². The Hall–Kier alpha value is -2.90. The fourth-order valence-corrected chi connectivity index (χ4v) is 4.12. The van der Waals surface area contributed by atoms with Gasteiger partial charge in [-0.2, -0.15) is 0 Å². The van der Waals surface area contributed by atoms with Crippen LogP contribution in [0, 0.1) is 12.8 Å². The van der Waals surface area contributed by atoms with E-state index in [4.69, 9.17) is 4.74 Å². The first kappa shape index (κ1) is 21.8. The quantitative estimate of drug-likeness (QED) is 0.566. The number of nitrogens with one attached hydrogen (secondary N) is 1. The molecule has 0 unspecified atom stereocenters. The highest BCUT2D eigenvalue weighted by Gasteiger charge is 2.55. The molecule has 2 atom stereocenters. The smallest absolute Gasteiger partial charge is 0.326 e. The minimum atomic E-state index is -0.917. The van der Waals surface area contributed by atoms with Gasteiger partial charge < -0.3 is 15.0 Å². The van der Waals surface area contributed by atoms with E-state index in [1.807, 2.05) is 38.1 Å². The Labute approximate surface area is 176 Å². The number of carbonyl (C=O) groups excluding carboxylic acids is 4. The maximum absolute atomic E-state index is 12.9. The van der Waals surface area contributed by atoms with E-state index in [-0.39, 0.29) is 17.7 Å². The van der Waals surface area contributed by atoms with Gasteiger partial charge >= 0.3 is 12.0 Å². The Kier molecular flexibility index (Phi) is 6.43. The second kappa shape index (κ2) is 8.85. The van der Waals surface area contributed by atoms with Gasteiger partial charge in [-0.15, -0.1) is 0 Å². The van der Waals surface area contributed by atoms with Crippen LogP contribution < -0.4 is 5.32 Å². The summed E-state index contributed by atoms with van der Waals surface area (Å²) in [5.74, 6) is -1.50. The average molecular weight is 415 g/mol. The summed E-state index contributed by atoms with van der Waals surface area (Å²) < 4.78 is 5.04. The molecule has 1 saturated carbocycles. The van der Waals surface area contributed by atoms with Crippen molar-refractivity contribution in [2.75, 3.05) is 20.2 Å². The minimum Gasteiger partial charge on any atom is -0.454 e. The number of imide groups is 1. The topological polar surface area (TPSA) is 96.0 Å². The molecule has 0 radical (unpaired) electrons. The van der Waals surface area contributed by atoms with Gasteiger partial charge in [0.15, 0.2) is 6.61 Å². The van der Waals surface area contributed by atoms with E-state index in [9.17, 15) is 19.2 Å². The fraction of sp³-hybridized carbons (Fsp3) is 0.545. The molecule has 1 saturated heterocycles. The number of carbonyl (C=O) groups is 4. The average Bonchev–Trinajstić information content (AvgIpc) is 2.95. The maximum atomic E-state index is 12.9. The molecule has 162 valence electrons. The number of hydrogen-bond acceptors (Lipinski definition) is 5.